The van der Waals surface area contributed by atoms with Crippen LogP contribution in [-0.4, -0.2) is 28.8 Å². The van der Waals surface area contributed by atoms with Crippen LogP contribution in [0.25, 0.3) is 0 Å². The summed E-state index contributed by atoms with van der Waals surface area (Å²) >= 11 is 5.71. The Hall–Kier alpha value is -1.92. The van der Waals surface area contributed by atoms with Crippen molar-refractivity contribution in [2.24, 2.45) is 13.0 Å². The molecule has 0 bridgehead atoms. The Labute approximate surface area is 132 Å². The van der Waals surface area contributed by atoms with E-state index >= 15 is 0 Å². The minimum absolute atomic E-state index is 0.0315. The Morgan fingerprint density at radius 1 is 1.50 bits per heavy atom. The highest BCUT2D eigenvalue weighted by Crippen LogP contribution is 2.29. The molecule has 116 valence electrons. The minimum atomic E-state index is -0.537. The fraction of sp³-hybridized carbons (Fsp3) is 0.333. The first-order valence-corrected chi connectivity index (χ1v) is 7.37. The summed E-state index contributed by atoms with van der Waals surface area (Å²) in [4.78, 5) is 12.5. The Morgan fingerprint density at radius 2 is 2.32 bits per heavy atom. The Kier molecular flexibility index (Phi) is 4.13. The van der Waals surface area contributed by atoms with Gasteiger partial charge in [-0.25, -0.2) is 4.39 Å². The van der Waals surface area contributed by atoms with Crippen molar-refractivity contribution in [1.82, 2.24) is 15.1 Å². The lowest BCUT2D eigenvalue weighted by Crippen LogP contribution is -2.28. The maximum Gasteiger partial charge on any atom is 0.229 e. The van der Waals surface area contributed by atoms with Crippen molar-refractivity contribution in [2.45, 2.75) is 5.92 Å². The van der Waals surface area contributed by atoms with Gasteiger partial charge >= 0.3 is 0 Å². The van der Waals surface area contributed by atoms with Crippen molar-refractivity contribution >= 4 is 23.2 Å². The van der Waals surface area contributed by atoms with Crippen LogP contribution in [-0.2, 0) is 11.8 Å². The second-order valence-electron chi connectivity index (χ2n) is 5.43. The molecule has 1 aromatic carbocycles. The molecule has 2 aromatic rings. The fourth-order valence-corrected chi connectivity index (χ4v) is 2.91. The van der Waals surface area contributed by atoms with Crippen molar-refractivity contribution in [3.8, 4) is 0 Å². The summed E-state index contributed by atoms with van der Waals surface area (Å²) in [5, 5.41) is 10.3. The molecule has 0 radical (unpaired) electrons. The third kappa shape index (κ3) is 2.98. The normalized spacial score (nSPS) is 21.0. The number of carbonyl (C=O) groups is 1. The Balaban J connectivity index is 1.76. The number of amides is 1. The molecule has 0 aliphatic carbocycles. The van der Waals surface area contributed by atoms with E-state index in [4.69, 9.17) is 11.6 Å². The lowest BCUT2D eigenvalue weighted by molar-refractivity contribution is -0.119. The first kappa shape index (κ1) is 15.0. The molecule has 1 fully saturated rings. The molecule has 1 amide bonds. The molecule has 2 heterocycles. The van der Waals surface area contributed by atoms with Crippen LogP contribution >= 0.6 is 11.6 Å². The Morgan fingerprint density at radius 3 is 3.00 bits per heavy atom. The van der Waals surface area contributed by atoms with Gasteiger partial charge in [0.2, 0.25) is 5.91 Å². The topological polar surface area (TPSA) is 59.0 Å². The van der Waals surface area contributed by atoms with Gasteiger partial charge in [0, 0.05) is 37.3 Å². The van der Waals surface area contributed by atoms with E-state index in [0.29, 0.717) is 18.1 Å². The zero-order valence-electron chi connectivity index (χ0n) is 12.0. The van der Waals surface area contributed by atoms with Crippen LogP contribution in [0.3, 0.4) is 0 Å². The van der Waals surface area contributed by atoms with Crippen LogP contribution in [0.2, 0.25) is 5.02 Å². The third-order valence-corrected chi connectivity index (χ3v) is 4.13. The molecule has 5 nitrogen and oxygen atoms in total. The quantitative estimate of drug-likeness (QED) is 0.910. The maximum absolute atomic E-state index is 13.8. The van der Waals surface area contributed by atoms with Gasteiger partial charge in [-0.15, -0.1) is 0 Å². The van der Waals surface area contributed by atoms with E-state index in [9.17, 15) is 9.18 Å². The summed E-state index contributed by atoms with van der Waals surface area (Å²) in [6.45, 7) is 1.26. The van der Waals surface area contributed by atoms with E-state index in [1.54, 1.807) is 16.9 Å². The summed E-state index contributed by atoms with van der Waals surface area (Å²) in [6, 6.07) is 4.20. The highest BCUT2D eigenvalue weighted by Gasteiger charge is 2.34. The van der Waals surface area contributed by atoms with Gasteiger partial charge < -0.3 is 10.6 Å². The molecule has 2 N–H and O–H groups in total. The van der Waals surface area contributed by atoms with Gasteiger partial charge in [0.05, 0.1) is 17.8 Å². The van der Waals surface area contributed by atoms with Crippen molar-refractivity contribution in [3.05, 3.63) is 47.0 Å². The molecule has 22 heavy (non-hydrogen) atoms. The SMILES string of the molecule is Cn1cc([C@H]2CNC[C@@H]2C(=O)Nc2ccc(Cl)cc2F)cn1. The first-order chi connectivity index (χ1) is 10.5. The number of hydrogen-bond acceptors (Lipinski definition) is 3. The van der Waals surface area contributed by atoms with Gasteiger partial charge in [-0.05, 0) is 23.8 Å². The molecule has 1 aliphatic heterocycles. The number of aromatic nitrogens is 2. The van der Waals surface area contributed by atoms with Gasteiger partial charge in [0.1, 0.15) is 5.82 Å². The van der Waals surface area contributed by atoms with E-state index in [-0.39, 0.29) is 23.4 Å². The average molecular weight is 323 g/mol. The molecular weight excluding hydrogens is 307 g/mol. The minimum Gasteiger partial charge on any atom is -0.323 e. The predicted molar refractivity (Wildman–Crippen MR) is 82.3 cm³/mol. The molecule has 0 unspecified atom stereocenters. The molecular formula is C15H16ClFN4O. The highest BCUT2D eigenvalue weighted by atomic mass is 35.5. The van der Waals surface area contributed by atoms with E-state index in [2.05, 4.69) is 15.7 Å². The Bertz CT molecular complexity index is 703. The van der Waals surface area contributed by atoms with E-state index < -0.39 is 5.82 Å². The number of nitrogens with one attached hydrogen (secondary N) is 2. The van der Waals surface area contributed by atoms with Crippen LogP contribution in [0, 0.1) is 11.7 Å². The second kappa shape index (κ2) is 6.06. The average Bonchev–Trinajstić information content (AvgIpc) is 3.10. The third-order valence-electron chi connectivity index (χ3n) is 3.89. The highest BCUT2D eigenvalue weighted by molar-refractivity contribution is 6.30. The molecule has 2 atom stereocenters. The molecule has 1 aromatic heterocycles. The molecule has 1 saturated heterocycles. The number of aryl methyl sites for hydroxylation is 1. The largest absolute Gasteiger partial charge is 0.323 e. The van der Waals surface area contributed by atoms with Crippen LogP contribution in [0.5, 0.6) is 0 Å². The standard InChI is InChI=1S/C15H16ClFN4O/c1-21-8-9(5-19-21)11-6-18-7-12(11)15(22)20-14-3-2-10(16)4-13(14)17/h2-5,8,11-12,18H,6-7H2,1H3,(H,20,22)/t11-,12+/m1/s1. The van der Waals surface area contributed by atoms with Gasteiger partial charge in [-0.3, -0.25) is 9.48 Å². The van der Waals surface area contributed by atoms with Gasteiger partial charge in [0.25, 0.3) is 0 Å². The van der Waals surface area contributed by atoms with Crippen molar-refractivity contribution in [3.63, 3.8) is 0 Å². The summed E-state index contributed by atoms with van der Waals surface area (Å²) in [7, 11) is 1.84. The number of benzene rings is 1. The monoisotopic (exact) mass is 322 g/mol. The number of hydrogen-bond donors (Lipinski definition) is 2. The summed E-state index contributed by atoms with van der Waals surface area (Å²) in [6.07, 6.45) is 3.67. The second-order valence-corrected chi connectivity index (χ2v) is 5.87. The molecule has 0 spiro atoms. The van der Waals surface area contributed by atoms with Crippen molar-refractivity contribution in [1.29, 1.82) is 0 Å². The van der Waals surface area contributed by atoms with Gasteiger partial charge in [-0.1, -0.05) is 11.6 Å². The summed E-state index contributed by atoms with van der Waals surface area (Å²) in [5.41, 5.74) is 1.15. The fourth-order valence-electron chi connectivity index (χ4n) is 2.75. The summed E-state index contributed by atoms with van der Waals surface area (Å²) < 4.78 is 15.5. The molecule has 7 heteroatoms. The van der Waals surface area contributed by atoms with E-state index in [1.807, 2.05) is 13.2 Å². The van der Waals surface area contributed by atoms with Crippen LogP contribution in [0.4, 0.5) is 10.1 Å². The van der Waals surface area contributed by atoms with Crippen LogP contribution in [0.1, 0.15) is 11.5 Å². The van der Waals surface area contributed by atoms with Crippen LogP contribution < -0.4 is 10.6 Å². The number of carbonyl (C=O) groups excluding carboxylic acids is 1. The zero-order valence-corrected chi connectivity index (χ0v) is 12.8. The number of anilines is 1. The first-order valence-electron chi connectivity index (χ1n) is 7.00. The van der Waals surface area contributed by atoms with Gasteiger partial charge in [-0.2, -0.15) is 5.10 Å². The summed E-state index contributed by atoms with van der Waals surface area (Å²) in [5.74, 6) is -0.979. The zero-order chi connectivity index (χ0) is 15.7. The molecule has 1 aliphatic rings. The maximum atomic E-state index is 13.8. The van der Waals surface area contributed by atoms with E-state index in [0.717, 1.165) is 5.56 Å². The lowest BCUT2D eigenvalue weighted by Gasteiger charge is -2.17. The molecule has 3 rings (SSSR count). The molecule has 0 saturated carbocycles. The number of nitrogens with zero attached hydrogens (tertiary/aromatic N) is 2. The lowest BCUT2D eigenvalue weighted by atomic mass is 9.90. The van der Waals surface area contributed by atoms with Crippen molar-refractivity contribution < 1.29 is 9.18 Å². The number of rotatable bonds is 3. The predicted octanol–water partition coefficient (Wildman–Crippen LogP) is 2.15. The van der Waals surface area contributed by atoms with Crippen LogP contribution in [0.15, 0.2) is 30.6 Å². The van der Waals surface area contributed by atoms with Crippen molar-refractivity contribution in [2.75, 3.05) is 18.4 Å². The smallest absolute Gasteiger partial charge is 0.229 e. The van der Waals surface area contributed by atoms with Gasteiger partial charge in [0.15, 0.2) is 0 Å². The number of halogens is 2. The van der Waals surface area contributed by atoms with E-state index in [1.165, 1.54) is 12.1 Å².